The zero-order valence-corrected chi connectivity index (χ0v) is 9.43. The van der Waals surface area contributed by atoms with E-state index in [9.17, 15) is 0 Å². The quantitative estimate of drug-likeness (QED) is 0.826. The average Bonchev–Trinajstić information content (AvgIpc) is 2.74. The first kappa shape index (κ1) is 10.7. The Morgan fingerprint density at radius 3 is 3.13 bits per heavy atom. The van der Waals surface area contributed by atoms with Gasteiger partial charge < -0.3 is 10.6 Å². The largest absolute Gasteiger partial charge is 0.370 e. The molecule has 1 saturated heterocycles. The molecule has 4 heteroatoms. The minimum atomic E-state index is 0.679. The van der Waals surface area contributed by atoms with Gasteiger partial charge in [-0.05, 0) is 37.9 Å². The maximum atomic E-state index is 5.75. The Morgan fingerprint density at radius 2 is 2.47 bits per heavy atom. The second-order valence-corrected chi connectivity index (χ2v) is 4.31. The number of aromatic nitrogens is 1. The van der Waals surface area contributed by atoms with E-state index >= 15 is 0 Å². The molecule has 1 aromatic heterocycles. The minimum absolute atomic E-state index is 0.679. The molecule has 0 aliphatic carbocycles. The van der Waals surface area contributed by atoms with Gasteiger partial charge in [0, 0.05) is 18.8 Å². The van der Waals surface area contributed by atoms with Crippen molar-refractivity contribution in [2.45, 2.75) is 25.3 Å². The topological polar surface area (TPSA) is 37.0 Å². The van der Waals surface area contributed by atoms with Gasteiger partial charge in [0.25, 0.3) is 0 Å². The Hall–Kier alpha value is -0.800. The van der Waals surface area contributed by atoms with Crippen LogP contribution in [0.15, 0.2) is 18.3 Å². The number of pyridine rings is 1. The molecule has 3 nitrogen and oxygen atoms in total. The van der Waals surface area contributed by atoms with Crippen LogP contribution >= 0.6 is 11.6 Å². The lowest BCUT2D eigenvalue weighted by Crippen LogP contribution is -2.24. The van der Waals surface area contributed by atoms with Gasteiger partial charge in [0.1, 0.15) is 5.82 Å². The van der Waals surface area contributed by atoms with E-state index in [0.717, 1.165) is 18.8 Å². The molecule has 82 valence electrons. The van der Waals surface area contributed by atoms with Crippen LogP contribution in [-0.4, -0.2) is 24.1 Å². The third-order valence-electron chi connectivity index (χ3n) is 2.69. The third-order valence-corrected chi connectivity index (χ3v) is 2.91. The molecular formula is C11H16ClN3. The molecule has 0 bridgehead atoms. The third kappa shape index (κ3) is 3.36. The maximum absolute atomic E-state index is 5.75. The highest BCUT2D eigenvalue weighted by Gasteiger charge is 2.12. The second kappa shape index (κ2) is 5.33. The number of halogens is 1. The Bertz CT molecular complexity index is 293. The van der Waals surface area contributed by atoms with Crippen LogP contribution in [0.1, 0.15) is 19.3 Å². The molecule has 1 aliphatic heterocycles. The summed E-state index contributed by atoms with van der Waals surface area (Å²) in [5, 5.41) is 7.44. The predicted octanol–water partition coefficient (Wildman–Crippen LogP) is 2.29. The highest BCUT2D eigenvalue weighted by atomic mass is 35.5. The van der Waals surface area contributed by atoms with Crippen molar-refractivity contribution in [1.82, 2.24) is 10.3 Å². The highest BCUT2D eigenvalue weighted by molar-refractivity contribution is 6.30. The van der Waals surface area contributed by atoms with Gasteiger partial charge in [0.2, 0.25) is 0 Å². The van der Waals surface area contributed by atoms with Gasteiger partial charge in [-0.2, -0.15) is 0 Å². The smallest absolute Gasteiger partial charge is 0.125 e. The number of anilines is 1. The van der Waals surface area contributed by atoms with Crippen LogP contribution in [0.5, 0.6) is 0 Å². The van der Waals surface area contributed by atoms with E-state index in [1.807, 2.05) is 12.1 Å². The van der Waals surface area contributed by atoms with Crippen LogP contribution in [-0.2, 0) is 0 Å². The molecule has 1 aliphatic rings. The van der Waals surface area contributed by atoms with Crippen LogP contribution in [0.4, 0.5) is 5.82 Å². The summed E-state index contributed by atoms with van der Waals surface area (Å²) in [4.78, 5) is 4.18. The van der Waals surface area contributed by atoms with Gasteiger partial charge in [-0.3, -0.25) is 0 Å². The SMILES string of the molecule is Clc1ccc(NCCC2CCCN2)nc1. The molecule has 0 saturated carbocycles. The van der Waals surface area contributed by atoms with E-state index in [-0.39, 0.29) is 0 Å². The van der Waals surface area contributed by atoms with Crippen molar-refractivity contribution in [3.05, 3.63) is 23.4 Å². The number of rotatable bonds is 4. The van der Waals surface area contributed by atoms with Gasteiger partial charge in [-0.15, -0.1) is 0 Å². The maximum Gasteiger partial charge on any atom is 0.125 e. The molecule has 0 aromatic carbocycles. The van der Waals surface area contributed by atoms with Gasteiger partial charge in [0.15, 0.2) is 0 Å². The van der Waals surface area contributed by atoms with Crippen molar-refractivity contribution in [2.24, 2.45) is 0 Å². The highest BCUT2D eigenvalue weighted by Crippen LogP contribution is 2.11. The summed E-state index contributed by atoms with van der Waals surface area (Å²) in [6, 6.07) is 4.44. The van der Waals surface area contributed by atoms with Crippen LogP contribution in [0.25, 0.3) is 0 Å². The molecule has 0 amide bonds. The van der Waals surface area contributed by atoms with Crippen molar-refractivity contribution < 1.29 is 0 Å². The molecule has 2 rings (SSSR count). The van der Waals surface area contributed by atoms with Gasteiger partial charge in [-0.25, -0.2) is 4.98 Å². The fourth-order valence-electron chi connectivity index (χ4n) is 1.86. The van der Waals surface area contributed by atoms with Gasteiger partial charge in [0.05, 0.1) is 5.02 Å². The first-order valence-electron chi connectivity index (χ1n) is 5.43. The second-order valence-electron chi connectivity index (χ2n) is 3.87. The molecule has 1 atom stereocenters. The Kier molecular flexibility index (Phi) is 3.80. The van der Waals surface area contributed by atoms with Gasteiger partial charge in [-0.1, -0.05) is 11.6 Å². The molecule has 0 radical (unpaired) electrons. The van der Waals surface area contributed by atoms with Crippen molar-refractivity contribution >= 4 is 17.4 Å². The summed E-state index contributed by atoms with van der Waals surface area (Å²) in [6.45, 7) is 2.14. The lowest BCUT2D eigenvalue weighted by Gasteiger charge is -2.10. The molecule has 15 heavy (non-hydrogen) atoms. The summed E-state index contributed by atoms with van der Waals surface area (Å²) < 4.78 is 0. The number of hydrogen-bond acceptors (Lipinski definition) is 3. The van der Waals surface area contributed by atoms with Crippen molar-refractivity contribution in [3.63, 3.8) is 0 Å². The predicted molar refractivity (Wildman–Crippen MR) is 63.4 cm³/mol. The van der Waals surface area contributed by atoms with Crippen LogP contribution < -0.4 is 10.6 Å². The van der Waals surface area contributed by atoms with Crippen LogP contribution in [0.3, 0.4) is 0 Å². The summed E-state index contributed by atoms with van der Waals surface area (Å²) in [5.41, 5.74) is 0. The first-order valence-corrected chi connectivity index (χ1v) is 5.81. The summed E-state index contributed by atoms with van der Waals surface area (Å²) >= 11 is 5.75. The van der Waals surface area contributed by atoms with E-state index in [0.29, 0.717) is 11.1 Å². The Labute approximate surface area is 95.2 Å². The Morgan fingerprint density at radius 1 is 1.53 bits per heavy atom. The van der Waals surface area contributed by atoms with Crippen molar-refractivity contribution in [1.29, 1.82) is 0 Å². The Balaban J connectivity index is 1.71. The van der Waals surface area contributed by atoms with E-state index in [2.05, 4.69) is 15.6 Å². The summed E-state index contributed by atoms with van der Waals surface area (Å²) in [6.07, 6.45) is 5.43. The van der Waals surface area contributed by atoms with Crippen LogP contribution in [0, 0.1) is 0 Å². The summed E-state index contributed by atoms with van der Waals surface area (Å²) in [7, 11) is 0. The van der Waals surface area contributed by atoms with Crippen molar-refractivity contribution in [2.75, 3.05) is 18.4 Å². The lowest BCUT2D eigenvalue weighted by molar-refractivity contribution is 0.574. The number of hydrogen-bond donors (Lipinski definition) is 2. The van der Waals surface area contributed by atoms with E-state index < -0.39 is 0 Å². The summed E-state index contributed by atoms with van der Waals surface area (Å²) in [5.74, 6) is 0.900. The molecule has 2 N–H and O–H groups in total. The first-order chi connectivity index (χ1) is 7.34. The molecule has 0 spiro atoms. The van der Waals surface area contributed by atoms with E-state index in [4.69, 9.17) is 11.6 Å². The van der Waals surface area contributed by atoms with Crippen molar-refractivity contribution in [3.8, 4) is 0 Å². The molecule has 1 unspecified atom stereocenters. The van der Waals surface area contributed by atoms with Crippen LogP contribution in [0.2, 0.25) is 5.02 Å². The fourth-order valence-corrected chi connectivity index (χ4v) is 1.97. The average molecular weight is 226 g/mol. The lowest BCUT2D eigenvalue weighted by atomic mass is 10.1. The fraction of sp³-hybridized carbons (Fsp3) is 0.545. The number of nitrogens with one attached hydrogen (secondary N) is 2. The number of nitrogens with zero attached hydrogens (tertiary/aromatic N) is 1. The van der Waals surface area contributed by atoms with E-state index in [1.165, 1.54) is 19.4 Å². The normalized spacial score (nSPS) is 20.5. The molecule has 1 aromatic rings. The standard InChI is InChI=1S/C11H16ClN3/c12-9-3-4-11(15-8-9)14-7-5-10-2-1-6-13-10/h3-4,8,10,13H,1-2,5-7H2,(H,14,15). The molecule has 1 fully saturated rings. The van der Waals surface area contributed by atoms with Gasteiger partial charge >= 0.3 is 0 Å². The monoisotopic (exact) mass is 225 g/mol. The molecular weight excluding hydrogens is 210 g/mol. The molecule has 2 heterocycles. The van der Waals surface area contributed by atoms with E-state index in [1.54, 1.807) is 6.20 Å². The minimum Gasteiger partial charge on any atom is -0.370 e. The zero-order valence-electron chi connectivity index (χ0n) is 8.67. The zero-order chi connectivity index (χ0) is 10.5.